The molecule has 116 valence electrons. The minimum atomic E-state index is -0.164. The smallest absolute Gasteiger partial charge is 0.271 e. The summed E-state index contributed by atoms with van der Waals surface area (Å²) in [6, 6.07) is 7.79. The molecule has 1 aromatic carbocycles. The molecule has 0 unspecified atom stereocenters. The Morgan fingerprint density at radius 1 is 1.19 bits per heavy atom. The lowest BCUT2D eigenvalue weighted by molar-refractivity contribution is -0.903. The van der Waals surface area contributed by atoms with Crippen LogP contribution in [0.3, 0.4) is 0 Å². The molecule has 1 aromatic rings. The van der Waals surface area contributed by atoms with Crippen molar-refractivity contribution in [2.24, 2.45) is 5.10 Å². The molecule has 0 aliphatic rings. The molecule has 0 aliphatic heterocycles. The standard InChI is InChI=1S/C17H27N3O/c1-6-7-12-20(4,5)13-15-8-10-16(11-9-15)17(21)19-18-14(2)3/h8-11H,6-7,12-13H2,1-5H3/p+1. The first kappa shape index (κ1) is 17.4. The van der Waals surface area contributed by atoms with Crippen LogP contribution in [0.25, 0.3) is 0 Å². The van der Waals surface area contributed by atoms with Gasteiger partial charge in [-0.25, -0.2) is 5.43 Å². The van der Waals surface area contributed by atoms with Gasteiger partial charge in [0.15, 0.2) is 0 Å². The lowest BCUT2D eigenvalue weighted by atomic mass is 10.1. The molecule has 0 atom stereocenters. The molecule has 0 radical (unpaired) electrons. The maximum Gasteiger partial charge on any atom is 0.271 e. The van der Waals surface area contributed by atoms with Crippen molar-refractivity contribution >= 4 is 11.6 Å². The van der Waals surface area contributed by atoms with Crippen molar-refractivity contribution in [2.75, 3.05) is 20.6 Å². The van der Waals surface area contributed by atoms with E-state index in [1.165, 1.54) is 24.9 Å². The van der Waals surface area contributed by atoms with Gasteiger partial charge in [-0.15, -0.1) is 0 Å². The predicted molar refractivity (Wildman–Crippen MR) is 88.3 cm³/mol. The molecule has 0 spiro atoms. The van der Waals surface area contributed by atoms with E-state index in [1.807, 2.05) is 38.1 Å². The number of nitrogens with zero attached hydrogens (tertiary/aromatic N) is 2. The molecule has 0 heterocycles. The van der Waals surface area contributed by atoms with E-state index >= 15 is 0 Å². The quantitative estimate of drug-likeness (QED) is 0.468. The summed E-state index contributed by atoms with van der Waals surface area (Å²) >= 11 is 0. The molecule has 1 amide bonds. The van der Waals surface area contributed by atoms with E-state index in [0.717, 1.165) is 16.7 Å². The van der Waals surface area contributed by atoms with Gasteiger partial charge >= 0.3 is 0 Å². The van der Waals surface area contributed by atoms with Gasteiger partial charge in [-0.3, -0.25) is 4.79 Å². The number of quaternary nitrogens is 1. The highest BCUT2D eigenvalue weighted by molar-refractivity contribution is 5.95. The second-order valence-electron chi connectivity index (χ2n) is 6.37. The Bertz CT molecular complexity index is 485. The van der Waals surface area contributed by atoms with Crippen molar-refractivity contribution in [3.8, 4) is 0 Å². The van der Waals surface area contributed by atoms with Gasteiger partial charge in [0, 0.05) is 16.8 Å². The molecule has 4 nitrogen and oxygen atoms in total. The molecule has 0 fully saturated rings. The zero-order valence-electron chi connectivity index (χ0n) is 13.9. The summed E-state index contributed by atoms with van der Waals surface area (Å²) in [5, 5.41) is 3.93. The summed E-state index contributed by atoms with van der Waals surface area (Å²) in [7, 11) is 4.49. The average Bonchev–Trinajstić information content (AvgIpc) is 2.43. The number of carbonyl (C=O) groups excluding carboxylic acids is 1. The van der Waals surface area contributed by atoms with Crippen LogP contribution in [0, 0.1) is 0 Å². The van der Waals surface area contributed by atoms with Gasteiger partial charge in [-0.05, 0) is 32.4 Å². The third-order valence-electron chi connectivity index (χ3n) is 3.32. The summed E-state index contributed by atoms with van der Waals surface area (Å²) in [6.45, 7) is 8.06. The number of hydrazone groups is 1. The van der Waals surface area contributed by atoms with Crippen molar-refractivity contribution in [3.05, 3.63) is 35.4 Å². The summed E-state index contributed by atoms with van der Waals surface area (Å²) < 4.78 is 0.971. The van der Waals surface area contributed by atoms with Crippen LogP contribution in [-0.2, 0) is 6.54 Å². The van der Waals surface area contributed by atoms with Crippen molar-refractivity contribution in [1.82, 2.24) is 5.43 Å². The number of rotatable bonds is 7. The highest BCUT2D eigenvalue weighted by atomic mass is 16.2. The van der Waals surface area contributed by atoms with Crippen LogP contribution in [0.5, 0.6) is 0 Å². The Morgan fingerprint density at radius 2 is 1.81 bits per heavy atom. The third kappa shape index (κ3) is 6.54. The number of amides is 1. The first-order valence-corrected chi connectivity index (χ1v) is 7.56. The molecule has 0 aromatic heterocycles. The predicted octanol–water partition coefficient (Wildman–Crippen LogP) is 3.19. The van der Waals surface area contributed by atoms with Gasteiger partial charge in [0.05, 0.1) is 20.6 Å². The molecule has 21 heavy (non-hydrogen) atoms. The summed E-state index contributed by atoms with van der Waals surface area (Å²) in [6.07, 6.45) is 2.46. The Morgan fingerprint density at radius 3 is 2.33 bits per heavy atom. The van der Waals surface area contributed by atoms with E-state index in [1.54, 1.807) is 0 Å². The fraction of sp³-hybridized carbons (Fsp3) is 0.529. The molecule has 1 N–H and O–H groups in total. The van der Waals surface area contributed by atoms with Gasteiger partial charge in [0.2, 0.25) is 0 Å². The van der Waals surface area contributed by atoms with Crippen LogP contribution in [0.15, 0.2) is 29.4 Å². The highest BCUT2D eigenvalue weighted by Gasteiger charge is 2.15. The van der Waals surface area contributed by atoms with Gasteiger partial charge in [-0.2, -0.15) is 5.10 Å². The van der Waals surface area contributed by atoms with Crippen LogP contribution >= 0.6 is 0 Å². The van der Waals surface area contributed by atoms with E-state index in [-0.39, 0.29) is 5.91 Å². The van der Waals surface area contributed by atoms with E-state index in [0.29, 0.717) is 5.56 Å². The summed E-state index contributed by atoms with van der Waals surface area (Å²) in [5.74, 6) is -0.164. The number of nitrogens with one attached hydrogen (secondary N) is 1. The number of hydrogen-bond donors (Lipinski definition) is 1. The monoisotopic (exact) mass is 290 g/mol. The highest BCUT2D eigenvalue weighted by Crippen LogP contribution is 2.12. The molecular weight excluding hydrogens is 262 g/mol. The van der Waals surface area contributed by atoms with Gasteiger partial charge < -0.3 is 4.48 Å². The topological polar surface area (TPSA) is 41.5 Å². The summed E-state index contributed by atoms with van der Waals surface area (Å²) in [5.41, 5.74) is 5.26. The maximum atomic E-state index is 11.9. The molecule has 4 heteroatoms. The van der Waals surface area contributed by atoms with E-state index in [4.69, 9.17) is 0 Å². The average molecular weight is 290 g/mol. The molecule has 0 bridgehead atoms. The lowest BCUT2D eigenvalue weighted by Gasteiger charge is -2.29. The molecular formula is C17H28N3O+. The second kappa shape index (κ2) is 7.93. The van der Waals surface area contributed by atoms with E-state index in [2.05, 4.69) is 31.5 Å². The van der Waals surface area contributed by atoms with Crippen LogP contribution in [-0.4, -0.2) is 36.7 Å². The Balaban J connectivity index is 2.65. The first-order valence-electron chi connectivity index (χ1n) is 7.56. The SMILES string of the molecule is CCCC[N+](C)(C)Cc1ccc(C(=O)NN=C(C)C)cc1. The number of hydrogen-bond acceptors (Lipinski definition) is 2. The zero-order chi connectivity index (χ0) is 15.9. The van der Waals surface area contributed by atoms with Crippen LogP contribution < -0.4 is 5.43 Å². The van der Waals surface area contributed by atoms with Crippen LogP contribution in [0.2, 0.25) is 0 Å². The number of unbranched alkanes of at least 4 members (excludes halogenated alkanes) is 1. The molecule has 0 saturated heterocycles. The largest absolute Gasteiger partial charge is 0.325 e. The Hall–Kier alpha value is -1.68. The minimum absolute atomic E-state index is 0.164. The van der Waals surface area contributed by atoms with Gasteiger partial charge in [0.25, 0.3) is 5.91 Å². The maximum absolute atomic E-state index is 11.9. The number of benzene rings is 1. The minimum Gasteiger partial charge on any atom is -0.325 e. The fourth-order valence-electron chi connectivity index (χ4n) is 2.15. The van der Waals surface area contributed by atoms with E-state index in [9.17, 15) is 4.79 Å². The Kier molecular flexibility index (Phi) is 6.56. The van der Waals surface area contributed by atoms with Crippen LogP contribution in [0.1, 0.15) is 49.5 Å². The lowest BCUT2D eigenvalue weighted by Crippen LogP contribution is -2.39. The van der Waals surface area contributed by atoms with Gasteiger partial charge in [-0.1, -0.05) is 25.5 Å². The normalized spacial score (nSPS) is 11.1. The van der Waals surface area contributed by atoms with Crippen molar-refractivity contribution < 1.29 is 9.28 Å². The van der Waals surface area contributed by atoms with E-state index < -0.39 is 0 Å². The fourth-order valence-corrected chi connectivity index (χ4v) is 2.15. The molecule has 0 saturated carbocycles. The Labute approximate surface area is 128 Å². The number of carbonyl (C=O) groups is 1. The van der Waals surface area contributed by atoms with Crippen molar-refractivity contribution in [2.45, 2.75) is 40.2 Å². The zero-order valence-corrected chi connectivity index (χ0v) is 13.9. The second-order valence-corrected chi connectivity index (χ2v) is 6.37. The first-order chi connectivity index (χ1) is 9.84. The molecule has 0 aliphatic carbocycles. The third-order valence-corrected chi connectivity index (χ3v) is 3.32. The van der Waals surface area contributed by atoms with Crippen LogP contribution in [0.4, 0.5) is 0 Å². The van der Waals surface area contributed by atoms with Gasteiger partial charge in [0.1, 0.15) is 6.54 Å². The summed E-state index contributed by atoms with van der Waals surface area (Å²) in [4.78, 5) is 11.9. The van der Waals surface area contributed by atoms with Crippen molar-refractivity contribution in [3.63, 3.8) is 0 Å². The van der Waals surface area contributed by atoms with Crippen molar-refractivity contribution in [1.29, 1.82) is 0 Å². The molecule has 1 rings (SSSR count).